The van der Waals surface area contributed by atoms with E-state index in [1.54, 1.807) is 41.5 Å². The maximum absolute atomic E-state index is 12.6. The van der Waals surface area contributed by atoms with Gasteiger partial charge in [-0.05, 0) is 60.8 Å². The molecule has 0 saturated carbocycles. The van der Waals surface area contributed by atoms with Crippen LogP contribution in [0.5, 0.6) is 0 Å². The maximum atomic E-state index is 12.6. The molecule has 1 fully saturated rings. The fourth-order valence-electron chi connectivity index (χ4n) is 3.11. The third-order valence-electron chi connectivity index (χ3n) is 4.75. The number of hydrogen-bond acceptors (Lipinski definition) is 10. The van der Waals surface area contributed by atoms with Gasteiger partial charge in [0, 0.05) is 25.8 Å². The van der Waals surface area contributed by atoms with E-state index in [1.165, 1.54) is 0 Å². The predicted molar refractivity (Wildman–Crippen MR) is 133 cm³/mol. The molecule has 0 aromatic carbocycles. The molecule has 0 bridgehead atoms. The number of hydrogen-bond donors (Lipinski definition) is 2. The van der Waals surface area contributed by atoms with Gasteiger partial charge in [0.15, 0.2) is 0 Å². The van der Waals surface area contributed by atoms with Crippen LogP contribution in [-0.2, 0) is 43.0 Å². The fraction of sp³-hybridized carbons (Fsp3) is 0.760. The zero-order chi connectivity index (χ0) is 28.9. The molecule has 0 radical (unpaired) electrons. The standard InChI is InChI=1S/C25H41N3O10/c1-24(2,3)36-21(32)13-16-35-15-12-18(29)26-14-8-7-9-17(27-23(34)37-25(4,5)6)22(33)38-28-19(30)10-11-20(28)31/h17H,7-16H2,1-6H3,(H,26,29)(H,27,34). The smallest absolute Gasteiger partial charge is 0.408 e. The van der Waals surface area contributed by atoms with Crippen molar-refractivity contribution in [3.63, 3.8) is 0 Å². The molecule has 13 nitrogen and oxygen atoms in total. The Morgan fingerprint density at radius 1 is 0.868 bits per heavy atom. The van der Waals surface area contributed by atoms with Crippen molar-refractivity contribution in [3.8, 4) is 0 Å². The summed E-state index contributed by atoms with van der Waals surface area (Å²) < 4.78 is 15.6. The number of rotatable bonds is 14. The molecule has 0 spiro atoms. The van der Waals surface area contributed by atoms with E-state index in [0.717, 1.165) is 0 Å². The summed E-state index contributed by atoms with van der Waals surface area (Å²) in [6, 6.07) is -1.17. The molecule has 1 saturated heterocycles. The molecule has 216 valence electrons. The number of unbranched alkanes of at least 4 members (excludes halogenated alkanes) is 1. The Morgan fingerprint density at radius 3 is 2.03 bits per heavy atom. The molecule has 1 aliphatic heterocycles. The number of alkyl carbamates (subject to hydrolysis) is 1. The first-order valence-electron chi connectivity index (χ1n) is 12.7. The van der Waals surface area contributed by atoms with Crippen LogP contribution in [0.3, 0.4) is 0 Å². The monoisotopic (exact) mass is 543 g/mol. The van der Waals surface area contributed by atoms with Crippen molar-refractivity contribution in [3.05, 3.63) is 0 Å². The predicted octanol–water partition coefficient (Wildman–Crippen LogP) is 1.91. The van der Waals surface area contributed by atoms with E-state index in [4.69, 9.17) is 19.0 Å². The molecule has 1 atom stereocenters. The van der Waals surface area contributed by atoms with E-state index in [2.05, 4.69) is 10.6 Å². The number of carbonyl (C=O) groups excluding carboxylic acids is 6. The molecule has 1 unspecified atom stereocenters. The molecule has 4 amide bonds. The minimum Gasteiger partial charge on any atom is -0.460 e. The summed E-state index contributed by atoms with van der Waals surface area (Å²) in [5.41, 5.74) is -1.36. The van der Waals surface area contributed by atoms with E-state index in [-0.39, 0.29) is 57.2 Å². The second-order valence-corrected chi connectivity index (χ2v) is 10.7. The quantitative estimate of drug-likeness (QED) is 0.188. The lowest BCUT2D eigenvalue weighted by atomic mass is 10.1. The maximum Gasteiger partial charge on any atom is 0.408 e. The molecule has 0 aromatic heterocycles. The van der Waals surface area contributed by atoms with Crippen molar-refractivity contribution in [2.24, 2.45) is 0 Å². The van der Waals surface area contributed by atoms with E-state index < -0.39 is 41.1 Å². The van der Waals surface area contributed by atoms with Crippen LogP contribution >= 0.6 is 0 Å². The molecule has 2 N–H and O–H groups in total. The fourth-order valence-corrected chi connectivity index (χ4v) is 3.11. The average molecular weight is 544 g/mol. The lowest BCUT2D eigenvalue weighted by molar-refractivity contribution is -0.199. The van der Waals surface area contributed by atoms with E-state index >= 15 is 0 Å². The summed E-state index contributed by atoms with van der Waals surface area (Å²) in [5, 5.41) is 5.56. The molecule has 13 heteroatoms. The number of imide groups is 1. The normalized spacial score (nSPS) is 14.6. The van der Waals surface area contributed by atoms with Crippen molar-refractivity contribution < 1.29 is 47.8 Å². The second kappa shape index (κ2) is 15.3. The molecule has 1 aliphatic rings. The number of amides is 4. The first-order valence-corrected chi connectivity index (χ1v) is 12.7. The molecule has 1 rings (SSSR count). The minimum absolute atomic E-state index is 0.0508. The van der Waals surface area contributed by atoms with Gasteiger partial charge >= 0.3 is 18.0 Å². The Balaban J connectivity index is 2.38. The van der Waals surface area contributed by atoms with Gasteiger partial charge in [-0.25, -0.2) is 9.59 Å². The van der Waals surface area contributed by atoms with Crippen molar-refractivity contribution >= 4 is 35.8 Å². The number of esters is 1. The second-order valence-electron chi connectivity index (χ2n) is 10.7. The van der Waals surface area contributed by atoms with Gasteiger partial charge in [-0.2, -0.15) is 0 Å². The van der Waals surface area contributed by atoms with Gasteiger partial charge in [0.2, 0.25) is 5.91 Å². The average Bonchev–Trinajstić information content (AvgIpc) is 3.07. The van der Waals surface area contributed by atoms with Crippen LogP contribution < -0.4 is 10.6 Å². The molecule has 1 heterocycles. The van der Waals surface area contributed by atoms with Gasteiger partial charge in [-0.1, -0.05) is 0 Å². The SMILES string of the molecule is CC(C)(C)OC(=O)CCOCCC(=O)NCCCCC(NC(=O)OC(C)(C)C)C(=O)ON1C(=O)CCC1=O. The summed E-state index contributed by atoms with van der Waals surface area (Å²) >= 11 is 0. The summed E-state index contributed by atoms with van der Waals surface area (Å²) in [5.74, 6) is -2.83. The van der Waals surface area contributed by atoms with Crippen molar-refractivity contribution in [1.29, 1.82) is 0 Å². The van der Waals surface area contributed by atoms with Crippen LogP contribution in [0.25, 0.3) is 0 Å². The molecule has 38 heavy (non-hydrogen) atoms. The highest BCUT2D eigenvalue weighted by atomic mass is 16.7. The molecule has 0 aromatic rings. The zero-order valence-electron chi connectivity index (χ0n) is 23.2. The van der Waals surface area contributed by atoms with E-state index in [1.807, 2.05) is 0 Å². The van der Waals surface area contributed by atoms with Gasteiger partial charge in [0.05, 0.1) is 19.6 Å². The third-order valence-corrected chi connectivity index (χ3v) is 4.75. The zero-order valence-corrected chi connectivity index (χ0v) is 23.2. The summed E-state index contributed by atoms with van der Waals surface area (Å²) in [6.07, 6.45) is 0.268. The summed E-state index contributed by atoms with van der Waals surface area (Å²) in [4.78, 5) is 76.8. The highest BCUT2D eigenvalue weighted by Crippen LogP contribution is 2.15. The third kappa shape index (κ3) is 14.5. The minimum atomic E-state index is -1.17. The number of nitrogens with one attached hydrogen (secondary N) is 2. The molecule has 0 aliphatic carbocycles. The van der Waals surface area contributed by atoms with E-state index in [9.17, 15) is 28.8 Å². The Kier molecular flexibility index (Phi) is 13.2. The number of hydroxylamine groups is 2. The Morgan fingerprint density at radius 2 is 1.45 bits per heavy atom. The largest absolute Gasteiger partial charge is 0.460 e. The van der Waals surface area contributed by atoms with Crippen LogP contribution in [0, 0.1) is 0 Å². The van der Waals surface area contributed by atoms with Gasteiger partial charge in [-0.15, -0.1) is 5.06 Å². The molecular weight excluding hydrogens is 502 g/mol. The number of carbonyl (C=O) groups is 6. The van der Waals surface area contributed by atoms with Crippen LogP contribution in [-0.4, -0.2) is 77.8 Å². The van der Waals surface area contributed by atoms with Crippen LogP contribution in [0.15, 0.2) is 0 Å². The first kappa shape index (κ1) is 32.8. The lowest BCUT2D eigenvalue weighted by Crippen LogP contribution is -2.46. The molecular formula is C25H41N3O10. The van der Waals surface area contributed by atoms with Gasteiger partial charge in [0.25, 0.3) is 11.8 Å². The van der Waals surface area contributed by atoms with Gasteiger partial charge in [0.1, 0.15) is 17.2 Å². The summed E-state index contributed by atoms with van der Waals surface area (Å²) in [7, 11) is 0. The Hall–Kier alpha value is -3.22. The van der Waals surface area contributed by atoms with Gasteiger partial charge < -0.3 is 29.7 Å². The van der Waals surface area contributed by atoms with Crippen molar-refractivity contribution in [2.45, 2.75) is 104 Å². The Labute approximate surface area is 223 Å². The van der Waals surface area contributed by atoms with Crippen LogP contribution in [0.1, 0.15) is 86.5 Å². The number of ether oxygens (including phenoxy) is 3. The lowest BCUT2D eigenvalue weighted by Gasteiger charge is -2.23. The van der Waals surface area contributed by atoms with Crippen LogP contribution in [0.4, 0.5) is 4.79 Å². The van der Waals surface area contributed by atoms with Gasteiger partial charge in [-0.3, -0.25) is 19.2 Å². The van der Waals surface area contributed by atoms with Crippen molar-refractivity contribution in [1.82, 2.24) is 15.7 Å². The van der Waals surface area contributed by atoms with E-state index in [0.29, 0.717) is 24.4 Å². The Bertz CT molecular complexity index is 844. The summed E-state index contributed by atoms with van der Waals surface area (Å²) in [6.45, 7) is 10.9. The highest BCUT2D eigenvalue weighted by molar-refractivity contribution is 6.01. The van der Waals surface area contributed by atoms with Crippen LogP contribution in [0.2, 0.25) is 0 Å². The van der Waals surface area contributed by atoms with Crippen molar-refractivity contribution in [2.75, 3.05) is 19.8 Å². The highest BCUT2D eigenvalue weighted by Gasteiger charge is 2.35. The topological polar surface area (TPSA) is 167 Å². The first-order chi connectivity index (χ1) is 17.6. The number of nitrogens with zero attached hydrogens (tertiary/aromatic N) is 1.